The lowest BCUT2D eigenvalue weighted by atomic mass is 9.98. The molecule has 0 aliphatic carbocycles. The van der Waals surface area contributed by atoms with Crippen LogP contribution in [0.3, 0.4) is 0 Å². The monoisotopic (exact) mass is 624 g/mol. The molecule has 0 saturated carbocycles. The van der Waals surface area contributed by atoms with Crippen molar-refractivity contribution in [1.29, 1.82) is 0 Å². The standard InChI is InChI=1S/C31H38ClFN8O3/c1-31(2,3)44-30(43)41-12-8-26(41)29-25(19-24(37-38-29)22-17-20(32)5-6-23(22)33)35-21-7-10-34-27(18-21)36-28(42)9-11-40-15-13-39(4)14-16-40/h5-7,10,17-19,26H,8-9,11-16H2,1-4H3,(H2,34,35,36,37,42). The molecule has 44 heavy (non-hydrogen) atoms. The molecule has 1 unspecified atom stereocenters. The summed E-state index contributed by atoms with van der Waals surface area (Å²) in [5.74, 6) is -0.227. The summed E-state index contributed by atoms with van der Waals surface area (Å²) in [6.45, 7) is 10.5. The highest BCUT2D eigenvalue weighted by Crippen LogP contribution is 2.39. The summed E-state index contributed by atoms with van der Waals surface area (Å²) in [6, 6.07) is 8.97. The predicted molar refractivity (Wildman–Crippen MR) is 167 cm³/mol. The van der Waals surface area contributed by atoms with Crippen molar-refractivity contribution >= 4 is 40.8 Å². The number of carbonyl (C=O) groups is 2. The summed E-state index contributed by atoms with van der Waals surface area (Å²) < 4.78 is 20.4. The second-order valence-corrected chi connectivity index (χ2v) is 12.6. The maximum atomic E-state index is 14.8. The van der Waals surface area contributed by atoms with Crippen LogP contribution in [0.4, 0.5) is 26.4 Å². The number of benzene rings is 1. The fraction of sp³-hybridized carbons (Fsp3) is 0.452. The number of pyridine rings is 1. The molecule has 1 aromatic carbocycles. The lowest BCUT2D eigenvalue weighted by Gasteiger charge is -2.41. The van der Waals surface area contributed by atoms with E-state index in [1.54, 1.807) is 29.3 Å². The van der Waals surface area contributed by atoms with Gasteiger partial charge in [-0.15, -0.1) is 5.10 Å². The first-order chi connectivity index (χ1) is 20.9. The van der Waals surface area contributed by atoms with Gasteiger partial charge in [-0.3, -0.25) is 9.69 Å². The van der Waals surface area contributed by atoms with Crippen LogP contribution in [0.2, 0.25) is 5.02 Å². The maximum Gasteiger partial charge on any atom is 0.410 e. The van der Waals surface area contributed by atoms with E-state index in [4.69, 9.17) is 16.3 Å². The van der Waals surface area contributed by atoms with Crippen molar-refractivity contribution in [2.24, 2.45) is 0 Å². The Hall–Kier alpha value is -3.87. The molecular weight excluding hydrogens is 587 g/mol. The highest BCUT2D eigenvalue weighted by Gasteiger charge is 2.39. The summed E-state index contributed by atoms with van der Waals surface area (Å²) in [4.78, 5) is 36.1. The molecule has 2 fully saturated rings. The zero-order chi connectivity index (χ0) is 31.4. The van der Waals surface area contributed by atoms with E-state index >= 15 is 0 Å². The first-order valence-corrected chi connectivity index (χ1v) is 15.1. The molecule has 2 amide bonds. The van der Waals surface area contributed by atoms with Crippen molar-refractivity contribution in [1.82, 2.24) is 29.9 Å². The molecule has 4 heterocycles. The number of ether oxygens (including phenoxy) is 1. The van der Waals surface area contributed by atoms with Crippen LogP contribution in [0.15, 0.2) is 42.6 Å². The molecule has 11 nitrogen and oxygen atoms in total. The van der Waals surface area contributed by atoms with Gasteiger partial charge in [0.05, 0.1) is 17.4 Å². The number of nitrogens with zero attached hydrogens (tertiary/aromatic N) is 6. The molecule has 0 radical (unpaired) electrons. The molecule has 5 rings (SSSR count). The zero-order valence-corrected chi connectivity index (χ0v) is 26.2. The van der Waals surface area contributed by atoms with Gasteiger partial charge in [-0.2, -0.15) is 5.10 Å². The summed E-state index contributed by atoms with van der Waals surface area (Å²) in [6.07, 6.45) is 2.15. The molecule has 2 aromatic heterocycles. The number of hydrogen-bond donors (Lipinski definition) is 2. The third kappa shape index (κ3) is 7.99. The highest BCUT2D eigenvalue weighted by molar-refractivity contribution is 6.30. The van der Waals surface area contributed by atoms with Crippen molar-refractivity contribution in [3.8, 4) is 11.3 Å². The Morgan fingerprint density at radius 2 is 1.84 bits per heavy atom. The van der Waals surface area contributed by atoms with Crippen molar-refractivity contribution in [2.75, 3.05) is 56.9 Å². The summed E-state index contributed by atoms with van der Waals surface area (Å²) >= 11 is 6.15. The van der Waals surface area contributed by atoms with Crippen LogP contribution >= 0.6 is 11.6 Å². The van der Waals surface area contributed by atoms with Crippen LogP contribution in [0.1, 0.15) is 45.3 Å². The fourth-order valence-corrected chi connectivity index (χ4v) is 5.22. The van der Waals surface area contributed by atoms with Gasteiger partial charge in [0.2, 0.25) is 5.91 Å². The molecule has 234 valence electrons. The Morgan fingerprint density at radius 3 is 2.55 bits per heavy atom. The van der Waals surface area contributed by atoms with Gasteiger partial charge in [0.1, 0.15) is 22.9 Å². The van der Waals surface area contributed by atoms with E-state index in [0.29, 0.717) is 53.8 Å². The molecule has 3 aromatic rings. The number of anilines is 3. The number of carbonyl (C=O) groups excluding carboxylic acids is 2. The predicted octanol–water partition coefficient (Wildman–Crippen LogP) is 5.33. The first kappa shape index (κ1) is 31.6. The maximum absolute atomic E-state index is 14.8. The smallest absolute Gasteiger partial charge is 0.410 e. The van der Waals surface area contributed by atoms with Gasteiger partial charge in [0.25, 0.3) is 0 Å². The van der Waals surface area contributed by atoms with E-state index in [9.17, 15) is 14.0 Å². The largest absolute Gasteiger partial charge is 0.444 e. The van der Waals surface area contributed by atoms with Crippen LogP contribution in [-0.4, -0.2) is 93.8 Å². The topological polar surface area (TPSA) is 116 Å². The number of nitrogens with one attached hydrogen (secondary N) is 2. The van der Waals surface area contributed by atoms with Gasteiger partial charge < -0.3 is 25.2 Å². The van der Waals surface area contributed by atoms with Crippen molar-refractivity contribution < 1.29 is 18.7 Å². The number of likely N-dealkylation sites (N-methyl/N-ethyl adjacent to an activating group) is 1. The van der Waals surface area contributed by atoms with Gasteiger partial charge in [0.15, 0.2) is 0 Å². The molecular formula is C31H38ClFN8O3. The van der Waals surface area contributed by atoms with E-state index in [2.05, 4.69) is 42.7 Å². The first-order valence-electron chi connectivity index (χ1n) is 14.7. The average Bonchev–Trinajstić information content (AvgIpc) is 2.93. The minimum Gasteiger partial charge on any atom is -0.444 e. The van der Waals surface area contributed by atoms with Gasteiger partial charge in [0, 0.05) is 74.2 Å². The normalized spacial score (nSPS) is 17.6. The molecule has 13 heteroatoms. The van der Waals surface area contributed by atoms with Gasteiger partial charge in [-0.05, 0) is 64.6 Å². The van der Waals surface area contributed by atoms with Crippen LogP contribution < -0.4 is 10.6 Å². The lowest BCUT2D eigenvalue weighted by molar-refractivity contribution is -0.116. The van der Waals surface area contributed by atoms with Gasteiger partial charge >= 0.3 is 6.09 Å². The van der Waals surface area contributed by atoms with E-state index in [1.807, 2.05) is 20.8 Å². The third-order valence-electron chi connectivity index (χ3n) is 7.55. The van der Waals surface area contributed by atoms with Gasteiger partial charge in [-0.1, -0.05) is 11.6 Å². The SMILES string of the molecule is CN1CCN(CCC(=O)Nc2cc(Nc3cc(-c4cc(Cl)ccc4F)nnc3C3CCN3C(=O)OC(C)(C)C)ccn2)CC1. The minimum absolute atomic E-state index is 0.124. The molecule has 2 aliphatic heterocycles. The second kappa shape index (κ2) is 13.4. The quantitative estimate of drug-likeness (QED) is 0.343. The molecule has 0 spiro atoms. The van der Waals surface area contributed by atoms with E-state index in [0.717, 1.165) is 26.2 Å². The molecule has 2 aliphatic rings. The average molecular weight is 625 g/mol. The van der Waals surface area contributed by atoms with Crippen LogP contribution in [0, 0.1) is 5.82 Å². The van der Waals surface area contributed by atoms with Gasteiger partial charge in [-0.25, -0.2) is 14.2 Å². The Balaban J connectivity index is 1.36. The number of halogens is 2. The van der Waals surface area contributed by atoms with Crippen LogP contribution in [0.5, 0.6) is 0 Å². The highest BCUT2D eigenvalue weighted by atomic mass is 35.5. The van der Waals surface area contributed by atoms with Crippen LogP contribution in [-0.2, 0) is 9.53 Å². The van der Waals surface area contributed by atoms with Crippen LogP contribution in [0.25, 0.3) is 11.3 Å². The number of likely N-dealkylation sites (tertiary alicyclic amines) is 1. The lowest BCUT2D eigenvalue weighted by Crippen LogP contribution is -2.47. The number of amides is 2. The Morgan fingerprint density at radius 1 is 1.07 bits per heavy atom. The van der Waals surface area contributed by atoms with Crippen molar-refractivity contribution in [3.05, 3.63) is 59.1 Å². The molecule has 0 bridgehead atoms. The number of piperazine rings is 1. The zero-order valence-electron chi connectivity index (χ0n) is 25.4. The van der Waals surface area contributed by atoms with Crippen molar-refractivity contribution in [3.63, 3.8) is 0 Å². The molecule has 1 atom stereocenters. The Kier molecular flexibility index (Phi) is 9.62. The number of aromatic nitrogens is 3. The summed E-state index contributed by atoms with van der Waals surface area (Å²) in [5, 5.41) is 15.3. The molecule has 2 N–H and O–H groups in total. The Labute approximate surface area is 261 Å². The van der Waals surface area contributed by atoms with Crippen molar-refractivity contribution in [2.45, 2.75) is 45.3 Å². The number of rotatable bonds is 8. The minimum atomic E-state index is -0.652. The van der Waals surface area contributed by atoms with E-state index < -0.39 is 23.6 Å². The second-order valence-electron chi connectivity index (χ2n) is 12.1. The fourth-order valence-electron chi connectivity index (χ4n) is 5.05. The Bertz CT molecular complexity index is 1510. The summed E-state index contributed by atoms with van der Waals surface area (Å²) in [5.41, 5.74) is 1.45. The van der Waals surface area contributed by atoms with E-state index in [-0.39, 0.29) is 17.2 Å². The summed E-state index contributed by atoms with van der Waals surface area (Å²) in [7, 11) is 2.10. The third-order valence-corrected chi connectivity index (χ3v) is 7.78. The van der Waals surface area contributed by atoms with E-state index in [1.165, 1.54) is 18.2 Å². The molecule has 2 saturated heterocycles. The number of hydrogen-bond acceptors (Lipinski definition) is 9.